The smallest absolute Gasteiger partial charge is 0.227 e. The first-order valence-electron chi connectivity index (χ1n) is 10.1. The molecule has 1 aromatic heterocycles. The van der Waals surface area contributed by atoms with E-state index in [0.717, 1.165) is 29.9 Å². The molecule has 1 atom stereocenters. The van der Waals surface area contributed by atoms with Gasteiger partial charge in [0.2, 0.25) is 5.91 Å². The highest BCUT2D eigenvalue weighted by molar-refractivity contribution is 6.30. The van der Waals surface area contributed by atoms with Crippen LogP contribution in [-0.4, -0.2) is 15.7 Å². The van der Waals surface area contributed by atoms with Crippen LogP contribution in [0.4, 0.5) is 4.39 Å². The molecule has 0 aliphatic heterocycles. The van der Waals surface area contributed by atoms with Gasteiger partial charge in [-0.3, -0.25) is 4.79 Å². The number of nitrogens with one attached hydrogen (secondary N) is 1. The number of halogens is 2. The molecule has 1 fully saturated rings. The third-order valence-corrected chi connectivity index (χ3v) is 5.72. The lowest BCUT2D eigenvalue weighted by Gasteiger charge is -2.14. The Kier molecular flexibility index (Phi) is 5.88. The topological polar surface area (TPSA) is 72.9 Å². The number of nitrogens with two attached hydrogens (primary N) is 1. The van der Waals surface area contributed by atoms with Gasteiger partial charge in [0.1, 0.15) is 5.82 Å². The van der Waals surface area contributed by atoms with Crippen molar-refractivity contribution in [1.82, 2.24) is 15.1 Å². The Bertz CT molecular complexity index is 1080. The maximum Gasteiger partial charge on any atom is 0.227 e. The molecule has 2 aromatic carbocycles. The van der Waals surface area contributed by atoms with Crippen molar-refractivity contribution < 1.29 is 9.18 Å². The highest BCUT2D eigenvalue weighted by Gasteiger charge is 2.28. The maximum absolute atomic E-state index is 14.0. The van der Waals surface area contributed by atoms with E-state index in [1.807, 2.05) is 35.0 Å². The number of benzene rings is 2. The van der Waals surface area contributed by atoms with Gasteiger partial charge in [-0.1, -0.05) is 29.8 Å². The van der Waals surface area contributed by atoms with E-state index in [1.165, 1.54) is 6.07 Å². The molecular weight excluding hydrogens is 403 g/mol. The molecule has 3 aromatic rings. The van der Waals surface area contributed by atoms with Crippen molar-refractivity contribution in [3.8, 4) is 5.69 Å². The van der Waals surface area contributed by atoms with Crippen LogP contribution in [-0.2, 0) is 17.9 Å². The van der Waals surface area contributed by atoms with Crippen LogP contribution in [0.5, 0.6) is 0 Å². The lowest BCUT2D eigenvalue weighted by atomic mass is 9.98. The zero-order valence-electron chi connectivity index (χ0n) is 16.7. The molecule has 0 radical (unpaired) electrons. The lowest BCUT2D eigenvalue weighted by Crippen LogP contribution is -2.28. The average molecular weight is 427 g/mol. The summed E-state index contributed by atoms with van der Waals surface area (Å²) in [4.78, 5) is 12.7. The fourth-order valence-electron chi connectivity index (χ4n) is 3.46. The molecule has 1 unspecified atom stereocenters. The molecule has 1 aliphatic rings. The zero-order chi connectivity index (χ0) is 21.3. The van der Waals surface area contributed by atoms with Crippen LogP contribution in [0.15, 0.2) is 48.5 Å². The summed E-state index contributed by atoms with van der Waals surface area (Å²) >= 11 is 6.15. The van der Waals surface area contributed by atoms with E-state index in [1.54, 1.807) is 19.1 Å². The van der Waals surface area contributed by atoms with Crippen LogP contribution < -0.4 is 11.1 Å². The van der Waals surface area contributed by atoms with E-state index >= 15 is 0 Å². The number of aromatic nitrogens is 2. The minimum Gasteiger partial charge on any atom is -0.350 e. The summed E-state index contributed by atoms with van der Waals surface area (Å²) in [5.41, 5.74) is 9.33. The van der Waals surface area contributed by atoms with Gasteiger partial charge < -0.3 is 11.1 Å². The molecule has 5 nitrogen and oxygen atoms in total. The van der Waals surface area contributed by atoms with Crippen molar-refractivity contribution in [3.05, 3.63) is 81.9 Å². The molecule has 7 heteroatoms. The maximum atomic E-state index is 14.0. The second kappa shape index (κ2) is 8.58. The number of rotatable bonds is 7. The largest absolute Gasteiger partial charge is 0.350 e. The van der Waals surface area contributed by atoms with Gasteiger partial charge in [-0.15, -0.1) is 0 Å². The summed E-state index contributed by atoms with van der Waals surface area (Å²) in [5, 5.41) is 8.33. The second-order valence-electron chi connectivity index (χ2n) is 7.72. The number of hydrogen-bond donors (Lipinski definition) is 2. The Hall–Kier alpha value is -2.70. The molecule has 1 saturated carbocycles. The van der Waals surface area contributed by atoms with Crippen molar-refractivity contribution in [2.24, 2.45) is 5.73 Å². The van der Waals surface area contributed by atoms with Crippen LogP contribution in [0.2, 0.25) is 5.02 Å². The standard InChI is InChI=1S/C23H24ClFN4O/c1-14(16-7-8-17(12-26)21(25)9-16)23(30)27-13-20-11-22(15-5-6-15)28-29(20)19-4-2-3-18(24)10-19/h2-4,7-11,14-15H,5-6,12-13,26H2,1H3,(H,27,30). The normalized spacial score (nSPS) is 14.5. The molecule has 0 bridgehead atoms. The Balaban J connectivity index is 1.51. The predicted octanol–water partition coefficient (Wildman–Crippen LogP) is 4.42. The van der Waals surface area contributed by atoms with E-state index in [4.69, 9.17) is 22.4 Å². The minimum atomic E-state index is -0.489. The quantitative estimate of drug-likeness (QED) is 0.587. The van der Waals surface area contributed by atoms with E-state index in [2.05, 4.69) is 5.32 Å². The minimum absolute atomic E-state index is 0.128. The monoisotopic (exact) mass is 426 g/mol. The molecule has 30 heavy (non-hydrogen) atoms. The lowest BCUT2D eigenvalue weighted by molar-refractivity contribution is -0.122. The Labute approximate surface area is 180 Å². The Morgan fingerprint density at radius 3 is 2.77 bits per heavy atom. The van der Waals surface area contributed by atoms with Crippen LogP contribution in [0, 0.1) is 5.82 Å². The van der Waals surface area contributed by atoms with E-state index in [-0.39, 0.29) is 18.3 Å². The van der Waals surface area contributed by atoms with E-state index in [9.17, 15) is 9.18 Å². The third kappa shape index (κ3) is 4.40. The first-order valence-corrected chi connectivity index (χ1v) is 10.4. The molecular formula is C23H24ClFN4O. The summed E-state index contributed by atoms with van der Waals surface area (Å²) < 4.78 is 15.9. The first kappa shape index (κ1) is 20.6. The van der Waals surface area contributed by atoms with Gasteiger partial charge in [0.25, 0.3) is 0 Å². The zero-order valence-corrected chi connectivity index (χ0v) is 17.5. The summed E-state index contributed by atoms with van der Waals surface area (Å²) in [5.74, 6) is -0.566. The van der Waals surface area contributed by atoms with Gasteiger partial charge in [-0.2, -0.15) is 5.10 Å². The number of carbonyl (C=O) groups excluding carboxylic acids is 1. The fraction of sp³-hybridized carbons (Fsp3) is 0.304. The molecule has 4 rings (SSSR count). The van der Waals surface area contributed by atoms with Crippen molar-refractivity contribution in [2.75, 3.05) is 0 Å². The molecule has 1 aliphatic carbocycles. The molecule has 0 spiro atoms. The van der Waals surface area contributed by atoms with E-state index in [0.29, 0.717) is 28.6 Å². The van der Waals surface area contributed by atoms with Gasteiger partial charge in [0.15, 0.2) is 0 Å². The predicted molar refractivity (Wildman–Crippen MR) is 115 cm³/mol. The van der Waals surface area contributed by atoms with Crippen molar-refractivity contribution in [2.45, 2.75) is 44.7 Å². The molecule has 156 valence electrons. The first-order chi connectivity index (χ1) is 14.5. The molecule has 1 amide bonds. The average Bonchev–Trinajstić information content (AvgIpc) is 3.51. The van der Waals surface area contributed by atoms with Crippen LogP contribution in [0.3, 0.4) is 0 Å². The van der Waals surface area contributed by atoms with Crippen LogP contribution in [0.1, 0.15) is 54.1 Å². The van der Waals surface area contributed by atoms with Crippen molar-refractivity contribution in [1.29, 1.82) is 0 Å². The van der Waals surface area contributed by atoms with Crippen molar-refractivity contribution in [3.63, 3.8) is 0 Å². The van der Waals surface area contributed by atoms with Crippen LogP contribution >= 0.6 is 11.6 Å². The van der Waals surface area contributed by atoms with Gasteiger partial charge in [-0.25, -0.2) is 9.07 Å². The molecule has 1 heterocycles. The fourth-order valence-corrected chi connectivity index (χ4v) is 3.64. The van der Waals surface area contributed by atoms with Crippen molar-refractivity contribution >= 4 is 17.5 Å². The summed E-state index contributed by atoms with van der Waals surface area (Å²) in [6.07, 6.45) is 2.28. The highest BCUT2D eigenvalue weighted by Crippen LogP contribution is 2.39. The third-order valence-electron chi connectivity index (χ3n) is 5.48. The number of nitrogens with zero attached hydrogens (tertiary/aromatic N) is 2. The van der Waals surface area contributed by atoms with Gasteiger partial charge in [0, 0.05) is 23.0 Å². The van der Waals surface area contributed by atoms with Gasteiger partial charge >= 0.3 is 0 Å². The summed E-state index contributed by atoms with van der Waals surface area (Å²) in [7, 11) is 0. The second-order valence-corrected chi connectivity index (χ2v) is 8.16. The van der Waals surface area contributed by atoms with Crippen LogP contribution in [0.25, 0.3) is 5.69 Å². The Morgan fingerprint density at radius 1 is 1.30 bits per heavy atom. The number of amides is 1. The SMILES string of the molecule is CC(C(=O)NCc1cc(C2CC2)nn1-c1cccc(Cl)c1)c1ccc(CN)c(F)c1. The highest BCUT2D eigenvalue weighted by atomic mass is 35.5. The van der Waals surface area contributed by atoms with Gasteiger partial charge in [-0.05, 0) is 55.7 Å². The van der Waals surface area contributed by atoms with Gasteiger partial charge in [0.05, 0.1) is 29.5 Å². The molecule has 0 saturated heterocycles. The Morgan fingerprint density at radius 2 is 2.10 bits per heavy atom. The van der Waals surface area contributed by atoms with E-state index < -0.39 is 5.92 Å². The summed E-state index contributed by atoms with van der Waals surface area (Å²) in [6, 6.07) is 14.3. The summed E-state index contributed by atoms with van der Waals surface area (Å²) in [6.45, 7) is 2.21. The number of carbonyl (C=O) groups is 1. The molecule has 3 N–H and O–H groups in total. The number of hydrogen-bond acceptors (Lipinski definition) is 3.